The molecule has 10 nitrogen and oxygen atoms in total. The van der Waals surface area contributed by atoms with Gasteiger partial charge in [-0.2, -0.15) is 5.10 Å². The number of aromatic nitrogens is 1. The number of rotatable bonds is 12. The fraction of sp³-hybridized carbons (Fsp3) is 0.467. The molecule has 0 spiro atoms. The van der Waals surface area contributed by atoms with Crippen LogP contribution in [0.5, 0.6) is 0 Å². The molecule has 0 fully saturated rings. The lowest BCUT2D eigenvalue weighted by Gasteiger charge is -2.03. The third kappa shape index (κ3) is 10.4. The Bertz CT molecular complexity index is 659. The topological polar surface area (TPSA) is 136 Å². The zero-order valence-electron chi connectivity index (χ0n) is 14.8. The highest BCUT2D eigenvalue weighted by molar-refractivity contribution is 8.76. The number of hydrogen-bond acceptors (Lipinski definition) is 9. The van der Waals surface area contributed by atoms with E-state index in [0.29, 0.717) is 30.4 Å². The minimum atomic E-state index is -0.490. The molecule has 2 N–H and O–H groups in total. The number of hydrazone groups is 1. The Kier molecular flexibility index (Phi) is 11.6. The third-order valence-electron chi connectivity index (χ3n) is 2.76. The van der Waals surface area contributed by atoms with Gasteiger partial charge in [-0.3, -0.25) is 14.9 Å². The molecule has 0 aliphatic carbocycles. The Labute approximate surface area is 164 Å². The van der Waals surface area contributed by atoms with Crippen LogP contribution in [-0.2, 0) is 9.53 Å². The van der Waals surface area contributed by atoms with E-state index in [1.165, 1.54) is 35.3 Å². The number of nitrogens with one attached hydrogen (secondary N) is 2. The van der Waals surface area contributed by atoms with Gasteiger partial charge in [0.1, 0.15) is 0 Å². The molecule has 27 heavy (non-hydrogen) atoms. The quantitative estimate of drug-likeness (QED) is 0.175. The highest BCUT2D eigenvalue weighted by Crippen LogP contribution is 2.35. The molecule has 0 radical (unpaired) electrons. The van der Waals surface area contributed by atoms with Crippen molar-refractivity contribution in [2.75, 3.05) is 18.9 Å². The Morgan fingerprint density at radius 1 is 1.48 bits per heavy atom. The van der Waals surface area contributed by atoms with E-state index in [0.717, 1.165) is 17.2 Å². The van der Waals surface area contributed by atoms with E-state index in [4.69, 9.17) is 4.74 Å². The van der Waals surface area contributed by atoms with Crippen LogP contribution in [0.15, 0.2) is 28.5 Å². The summed E-state index contributed by atoms with van der Waals surface area (Å²) in [5.41, 5.74) is 2.31. The smallest absolute Gasteiger partial charge is 0.407 e. The summed E-state index contributed by atoms with van der Waals surface area (Å²) in [5, 5.41) is 17.5. The summed E-state index contributed by atoms with van der Waals surface area (Å²) >= 11 is 0. The van der Waals surface area contributed by atoms with Crippen LogP contribution in [0.4, 0.5) is 10.5 Å². The predicted molar refractivity (Wildman–Crippen MR) is 105 cm³/mol. The SMILES string of the molecule is CCCOC(=O)NCC/C=N/NC(=O)CCSSc1ncccc1[N+](=O)[O-]. The van der Waals surface area contributed by atoms with Crippen molar-refractivity contribution in [3.05, 3.63) is 28.4 Å². The number of carbonyl (C=O) groups is 2. The maximum atomic E-state index is 11.6. The van der Waals surface area contributed by atoms with Gasteiger partial charge in [0.05, 0.1) is 11.5 Å². The van der Waals surface area contributed by atoms with Crippen LogP contribution in [0.25, 0.3) is 0 Å². The van der Waals surface area contributed by atoms with Gasteiger partial charge in [-0.05, 0) is 23.3 Å². The molecule has 0 saturated heterocycles. The van der Waals surface area contributed by atoms with Crippen LogP contribution < -0.4 is 10.7 Å². The van der Waals surface area contributed by atoms with Crippen LogP contribution in [0.1, 0.15) is 26.2 Å². The van der Waals surface area contributed by atoms with E-state index in [9.17, 15) is 19.7 Å². The van der Waals surface area contributed by atoms with Gasteiger partial charge in [0, 0.05) is 43.6 Å². The number of nitrogens with zero attached hydrogens (tertiary/aromatic N) is 3. The summed E-state index contributed by atoms with van der Waals surface area (Å²) in [6, 6.07) is 2.89. The zero-order valence-corrected chi connectivity index (χ0v) is 16.4. The molecular formula is C15H21N5O5S2. The molecule has 148 valence electrons. The van der Waals surface area contributed by atoms with Gasteiger partial charge in [0.25, 0.3) is 0 Å². The van der Waals surface area contributed by atoms with E-state index in [-0.39, 0.29) is 18.0 Å². The first kappa shape index (κ1) is 22.7. The fourth-order valence-corrected chi connectivity index (χ4v) is 3.56. The lowest BCUT2D eigenvalue weighted by Crippen LogP contribution is -2.26. The number of alkyl carbamates (subject to hydrolysis) is 1. The van der Waals surface area contributed by atoms with Crippen molar-refractivity contribution in [2.24, 2.45) is 5.10 Å². The first-order valence-corrected chi connectivity index (χ1v) is 10.5. The molecule has 12 heteroatoms. The molecule has 1 aromatic heterocycles. The molecule has 0 aliphatic heterocycles. The average Bonchev–Trinajstić information content (AvgIpc) is 2.66. The van der Waals surface area contributed by atoms with Crippen molar-refractivity contribution in [2.45, 2.75) is 31.2 Å². The summed E-state index contributed by atoms with van der Waals surface area (Å²) in [4.78, 5) is 37.1. The number of ether oxygens (including phenoxy) is 1. The normalized spacial score (nSPS) is 10.6. The molecule has 1 aromatic rings. The molecule has 2 amide bonds. The van der Waals surface area contributed by atoms with Crippen molar-refractivity contribution >= 4 is 45.5 Å². The Morgan fingerprint density at radius 2 is 2.30 bits per heavy atom. The van der Waals surface area contributed by atoms with Crippen LogP contribution in [0, 0.1) is 10.1 Å². The first-order valence-electron chi connectivity index (χ1n) is 8.14. The summed E-state index contributed by atoms with van der Waals surface area (Å²) < 4.78 is 4.83. The number of amides is 2. The maximum absolute atomic E-state index is 11.6. The van der Waals surface area contributed by atoms with Gasteiger partial charge in [-0.1, -0.05) is 17.7 Å². The lowest BCUT2D eigenvalue weighted by atomic mass is 10.4. The molecule has 0 saturated carbocycles. The van der Waals surface area contributed by atoms with E-state index in [1.54, 1.807) is 0 Å². The van der Waals surface area contributed by atoms with Crippen molar-refractivity contribution in [3.8, 4) is 0 Å². The second-order valence-electron chi connectivity index (χ2n) is 4.94. The number of carbonyl (C=O) groups excluding carboxylic acids is 2. The highest BCUT2D eigenvalue weighted by Gasteiger charge is 2.14. The summed E-state index contributed by atoms with van der Waals surface area (Å²) in [6.45, 7) is 2.64. The number of hydrogen-bond donors (Lipinski definition) is 2. The monoisotopic (exact) mass is 415 g/mol. The van der Waals surface area contributed by atoms with Crippen LogP contribution in [0.2, 0.25) is 0 Å². The molecule has 0 unspecified atom stereocenters. The fourth-order valence-electron chi connectivity index (χ4n) is 1.54. The number of nitro groups is 1. The van der Waals surface area contributed by atoms with E-state index in [2.05, 4.69) is 20.8 Å². The minimum Gasteiger partial charge on any atom is -0.450 e. The second kappa shape index (κ2) is 13.8. The molecular weight excluding hydrogens is 394 g/mol. The highest BCUT2D eigenvalue weighted by atomic mass is 33.1. The second-order valence-corrected chi connectivity index (χ2v) is 7.34. The summed E-state index contributed by atoms with van der Waals surface area (Å²) in [7, 11) is 2.45. The molecule has 1 rings (SSSR count). The predicted octanol–water partition coefficient (Wildman–Crippen LogP) is 2.75. The molecule has 0 aliphatic rings. The Morgan fingerprint density at radius 3 is 3.04 bits per heavy atom. The average molecular weight is 415 g/mol. The molecule has 0 bridgehead atoms. The largest absolute Gasteiger partial charge is 0.450 e. The van der Waals surface area contributed by atoms with Gasteiger partial charge in [-0.25, -0.2) is 15.2 Å². The van der Waals surface area contributed by atoms with Gasteiger partial charge in [-0.15, -0.1) is 0 Å². The molecule has 1 heterocycles. The Balaban J connectivity index is 2.12. The summed E-state index contributed by atoms with van der Waals surface area (Å²) in [6.07, 6.45) is 3.91. The maximum Gasteiger partial charge on any atom is 0.407 e. The van der Waals surface area contributed by atoms with Gasteiger partial charge in [0.2, 0.25) is 5.91 Å². The van der Waals surface area contributed by atoms with Crippen LogP contribution >= 0.6 is 21.6 Å². The Hall–Kier alpha value is -2.34. The van der Waals surface area contributed by atoms with E-state index < -0.39 is 11.0 Å². The number of pyridine rings is 1. The summed E-state index contributed by atoms with van der Waals surface area (Å²) in [5.74, 6) is 0.176. The van der Waals surface area contributed by atoms with E-state index in [1.807, 2.05) is 6.92 Å². The van der Waals surface area contributed by atoms with Gasteiger partial charge < -0.3 is 10.1 Å². The lowest BCUT2D eigenvalue weighted by molar-refractivity contribution is -0.388. The minimum absolute atomic E-state index is 0.0590. The molecule has 0 atom stereocenters. The van der Waals surface area contributed by atoms with Crippen LogP contribution in [0.3, 0.4) is 0 Å². The van der Waals surface area contributed by atoms with Crippen molar-refractivity contribution in [1.82, 2.24) is 15.7 Å². The van der Waals surface area contributed by atoms with Gasteiger partial charge in [0.15, 0.2) is 5.03 Å². The zero-order chi connectivity index (χ0) is 19.9. The molecule has 0 aromatic carbocycles. The standard InChI is InChI=1S/C15H21N5O5S2/c1-2-10-25-15(22)17-8-4-9-18-19-13(21)6-11-26-27-14-12(20(23)24)5-3-7-16-14/h3,5,7,9H,2,4,6,8,10-11H2,1H3,(H,17,22)(H,19,21)/b18-9+. The third-order valence-corrected chi connectivity index (χ3v) is 5.05. The van der Waals surface area contributed by atoms with Crippen molar-refractivity contribution in [3.63, 3.8) is 0 Å². The van der Waals surface area contributed by atoms with E-state index >= 15 is 0 Å². The van der Waals surface area contributed by atoms with Crippen molar-refractivity contribution < 1.29 is 19.2 Å². The van der Waals surface area contributed by atoms with Crippen molar-refractivity contribution in [1.29, 1.82) is 0 Å². The van der Waals surface area contributed by atoms with Crippen LogP contribution in [-0.4, -0.2) is 47.0 Å². The van der Waals surface area contributed by atoms with Gasteiger partial charge >= 0.3 is 11.8 Å². The first-order chi connectivity index (χ1) is 13.0.